The summed E-state index contributed by atoms with van der Waals surface area (Å²) >= 11 is 0. The van der Waals surface area contributed by atoms with Crippen molar-refractivity contribution in [3.05, 3.63) is 144 Å². The van der Waals surface area contributed by atoms with E-state index in [0.29, 0.717) is 92.4 Å². The van der Waals surface area contributed by atoms with Crippen LogP contribution in [0.5, 0.6) is 34.5 Å². The summed E-state index contributed by atoms with van der Waals surface area (Å²) < 4.78 is 134. The van der Waals surface area contributed by atoms with E-state index in [1.54, 1.807) is 42.5 Å². The first-order chi connectivity index (χ1) is 50.5. The number of ether oxygens (including phenoxy) is 12. The third-order valence-electron chi connectivity index (χ3n) is 17.7. The highest BCUT2D eigenvalue weighted by molar-refractivity contribution is 7.89. The molecule has 588 valence electrons. The second-order valence-electron chi connectivity index (χ2n) is 26.5. The van der Waals surface area contributed by atoms with E-state index < -0.39 is 81.0 Å². The fraction of sp³-hybridized carbons (Fsp3) is 0.514. The number of furan rings is 2. The highest BCUT2D eigenvalue weighted by atomic mass is 32.2. The van der Waals surface area contributed by atoms with Gasteiger partial charge in [0.1, 0.15) is 36.2 Å². The van der Waals surface area contributed by atoms with E-state index in [-0.39, 0.29) is 132 Å². The maximum Gasteiger partial charge on any atom is 0.407 e. The molecular weight excluding hydrogens is 1440 g/mol. The number of aromatic carboxylic acids is 1. The first-order valence-corrected chi connectivity index (χ1v) is 37.6. The lowest BCUT2D eigenvalue weighted by atomic mass is 10.0. The molecule has 2 aromatic heterocycles. The SMILES string of the molecule is C.C.CC(C)CN(C[C@@H](O)[C@H](Cc1ccc(OCCCN)cc1)NC(=O)O[C@@H]1CO[C@H]2OCC[C@H]21)S(=O)(=O)c1ccc2c(c1)OCO2.CC(C)CN(C[C@@H](O)[C@H](Cc1ccc(OCCCNC(=O)c2ccoc2)cc1)NC(=O)O[C@@H]1CO[C@H]2OCC[C@H]21)S(=O)(=O)c1ccc2c(c1)OCO2.O=C(O)c1ccoc1. The standard InChI is InChI=1S/C36H45N3O12S.C31H43N3O10S.C5H4O3.2CH4/c1-23(2)18-39(52(43,44)27-8-9-31-32(17-27)50-22-49-31)19-30(40)29(38-36(42)51-33-21-48-35-28(33)11-15-47-35)16-24-4-6-26(7-5-24)46-13-3-12-37-34(41)25-10-14-45-20-25;1-20(2)16-34(45(37,38)23-8-9-27-28(15-23)43-19-42-27)17-26(35)25(14-21-4-6-22(7-5-21)39-12-3-11-32)33-31(36)44-29-18-41-30-24(29)10-13-40-30;6-5(7)4-1-2-8-3-4;;/h4-10,14,17,20,23,28-30,33,35,40H,3,11-13,15-16,18-19,21-22H2,1-2H3,(H,37,41)(H,38,42);4-9,15,20,24-26,29-30,35H,3,10-14,16-19,32H2,1-2H3,(H,33,36);1-3H,(H,6,7);2*1H4/t28-,29-,30+,33+,35+;24-,25-,26+,29+,30+;;;/m00.../s1. The number of aliphatic hydroxyl groups is 2. The third-order valence-corrected chi connectivity index (χ3v) is 21.4. The Hall–Kier alpha value is -8.74. The van der Waals surface area contributed by atoms with Gasteiger partial charge in [0, 0.05) is 44.9 Å². The van der Waals surface area contributed by atoms with Crippen LogP contribution in [0, 0.1) is 23.7 Å². The molecule has 4 aromatic carbocycles. The Morgan fingerprint density at radius 1 is 0.561 bits per heavy atom. The molecule has 0 saturated carbocycles. The van der Waals surface area contributed by atoms with Crippen LogP contribution in [-0.2, 0) is 61.3 Å². The predicted octanol–water partition coefficient (Wildman–Crippen LogP) is 7.81. The number of carboxylic acids is 1. The van der Waals surface area contributed by atoms with Crippen LogP contribution in [0.2, 0.25) is 0 Å². The van der Waals surface area contributed by atoms with Crippen LogP contribution in [0.1, 0.15) is 100 Å². The average molecular weight is 1540 g/mol. The Kier molecular flexibility index (Phi) is 31.3. The Morgan fingerprint density at radius 2 is 0.991 bits per heavy atom. The maximum absolute atomic E-state index is 13.9. The monoisotopic (exact) mass is 1540 g/mol. The molecule has 6 aliphatic rings. The molecule has 4 fully saturated rings. The van der Waals surface area contributed by atoms with Crippen molar-refractivity contribution < 1.29 is 117 Å². The van der Waals surface area contributed by atoms with E-state index in [0.717, 1.165) is 24.0 Å². The molecule has 107 heavy (non-hydrogen) atoms. The lowest BCUT2D eigenvalue weighted by molar-refractivity contribution is -0.0909. The molecule has 6 aliphatic heterocycles. The van der Waals surface area contributed by atoms with Gasteiger partial charge in [0.15, 0.2) is 35.6 Å². The van der Waals surface area contributed by atoms with Crippen LogP contribution < -0.4 is 50.1 Å². The van der Waals surface area contributed by atoms with E-state index in [2.05, 4.69) is 20.4 Å². The minimum atomic E-state index is -4.09. The van der Waals surface area contributed by atoms with Crippen molar-refractivity contribution in [2.75, 3.05) is 92.5 Å². The molecular formula is C74H100N6O25S2. The molecule has 4 saturated heterocycles. The number of amides is 3. The Morgan fingerprint density at radius 3 is 1.39 bits per heavy atom. The molecule has 0 spiro atoms. The van der Waals surface area contributed by atoms with E-state index in [4.69, 9.17) is 72.1 Å². The average Bonchev–Trinajstić information content (AvgIpc) is 1.60. The zero-order valence-corrected chi connectivity index (χ0v) is 60.4. The van der Waals surface area contributed by atoms with E-state index in [1.807, 2.05) is 52.0 Å². The number of benzene rings is 4. The summed E-state index contributed by atoms with van der Waals surface area (Å²) in [5, 5.41) is 39.9. The molecule has 33 heteroatoms. The maximum atomic E-state index is 13.9. The minimum absolute atomic E-state index is 0. The molecule has 12 rings (SSSR count). The van der Waals surface area contributed by atoms with Crippen molar-refractivity contribution >= 4 is 44.1 Å². The molecule has 8 heterocycles. The first-order valence-electron chi connectivity index (χ1n) is 34.8. The predicted molar refractivity (Wildman–Crippen MR) is 386 cm³/mol. The van der Waals surface area contributed by atoms with Gasteiger partial charge >= 0.3 is 18.2 Å². The van der Waals surface area contributed by atoms with Crippen LogP contribution in [-0.4, -0.2) is 206 Å². The van der Waals surface area contributed by atoms with Gasteiger partial charge in [-0.15, -0.1) is 0 Å². The Balaban J connectivity index is 0.000000242. The third kappa shape index (κ3) is 23.4. The number of aliphatic hydroxyl groups excluding tert-OH is 2. The quantitative estimate of drug-likeness (QED) is 0.0193. The van der Waals surface area contributed by atoms with E-state index in [1.165, 1.54) is 64.0 Å². The van der Waals surface area contributed by atoms with Crippen molar-refractivity contribution in [2.24, 2.45) is 29.4 Å². The number of nitrogens with two attached hydrogens (primary N) is 1. The molecule has 8 N–H and O–H groups in total. The summed E-state index contributed by atoms with van der Waals surface area (Å²) in [6.45, 7) is 10.5. The second-order valence-corrected chi connectivity index (χ2v) is 30.4. The summed E-state index contributed by atoms with van der Waals surface area (Å²) in [5.74, 6) is 1.40. The zero-order valence-electron chi connectivity index (χ0n) is 58.7. The number of rotatable bonds is 33. The van der Waals surface area contributed by atoms with Crippen LogP contribution in [0.15, 0.2) is 141 Å². The number of carbonyl (C=O) groups excluding carboxylic acids is 3. The van der Waals surface area contributed by atoms with Crippen LogP contribution in [0.25, 0.3) is 0 Å². The van der Waals surface area contributed by atoms with Crippen molar-refractivity contribution in [3.8, 4) is 34.5 Å². The number of hydrogen-bond acceptors (Lipinski definition) is 25. The first kappa shape index (κ1) is 83.9. The smallest absolute Gasteiger partial charge is 0.407 e. The van der Waals surface area contributed by atoms with Crippen molar-refractivity contribution in [1.82, 2.24) is 24.6 Å². The fourth-order valence-electron chi connectivity index (χ4n) is 12.3. The van der Waals surface area contributed by atoms with Crippen molar-refractivity contribution in [1.29, 1.82) is 0 Å². The number of nitrogens with one attached hydrogen (secondary N) is 3. The van der Waals surface area contributed by atoms with Gasteiger partial charge in [-0.1, -0.05) is 66.8 Å². The Bertz CT molecular complexity index is 4000. The lowest BCUT2D eigenvalue weighted by Gasteiger charge is -2.31. The molecule has 0 aliphatic carbocycles. The number of nitrogens with zero attached hydrogens (tertiary/aromatic N) is 2. The zero-order chi connectivity index (χ0) is 74.6. The number of carboxylic acid groups (broad SMARTS) is 1. The largest absolute Gasteiger partial charge is 0.494 e. The molecule has 6 aromatic rings. The number of alkyl carbamates (subject to hydrolysis) is 2. The van der Waals surface area contributed by atoms with Gasteiger partial charge in [-0.3, -0.25) is 4.79 Å². The van der Waals surface area contributed by atoms with Crippen LogP contribution >= 0.6 is 0 Å². The van der Waals surface area contributed by atoms with Crippen molar-refractivity contribution in [2.45, 2.75) is 140 Å². The van der Waals surface area contributed by atoms with Gasteiger partial charge in [-0.2, -0.15) is 8.61 Å². The number of sulfonamides is 2. The second kappa shape index (κ2) is 39.9. The summed E-state index contributed by atoms with van der Waals surface area (Å²) in [5.41, 5.74) is 7.74. The van der Waals surface area contributed by atoms with Gasteiger partial charge in [0.25, 0.3) is 5.91 Å². The number of hydrogen-bond donors (Lipinski definition) is 7. The number of carbonyl (C=O) groups is 4. The van der Waals surface area contributed by atoms with Crippen LogP contribution in [0.3, 0.4) is 0 Å². The molecule has 0 bridgehead atoms. The lowest BCUT2D eigenvalue weighted by Crippen LogP contribution is -2.51. The minimum Gasteiger partial charge on any atom is -0.494 e. The summed E-state index contributed by atoms with van der Waals surface area (Å²) in [6.07, 6.45) is 2.52. The van der Waals surface area contributed by atoms with Gasteiger partial charge in [0.2, 0.25) is 33.6 Å². The van der Waals surface area contributed by atoms with Crippen molar-refractivity contribution in [3.63, 3.8) is 0 Å². The summed E-state index contributed by atoms with van der Waals surface area (Å²) in [6, 6.07) is 24.4. The molecule has 3 amide bonds. The molecule has 0 radical (unpaired) electrons. The van der Waals surface area contributed by atoms with Gasteiger partial charge in [-0.25, -0.2) is 31.2 Å². The highest BCUT2D eigenvalue weighted by Gasteiger charge is 2.46. The van der Waals surface area contributed by atoms with Crippen LogP contribution in [0.4, 0.5) is 9.59 Å². The molecule has 31 nitrogen and oxygen atoms in total. The number of fused-ring (bicyclic) bond motifs is 4. The fourth-order valence-corrected chi connectivity index (χ4v) is 15.6. The summed E-state index contributed by atoms with van der Waals surface area (Å²) in [7, 11) is -8.15. The summed E-state index contributed by atoms with van der Waals surface area (Å²) in [4.78, 5) is 48.5. The topological polar surface area (TPSA) is 403 Å². The van der Waals surface area contributed by atoms with E-state index in [9.17, 15) is 46.2 Å². The van der Waals surface area contributed by atoms with Gasteiger partial charge < -0.3 is 103 Å². The van der Waals surface area contributed by atoms with Gasteiger partial charge in [-0.05, 0) is 129 Å². The van der Waals surface area contributed by atoms with E-state index >= 15 is 0 Å². The molecule has 10 atom stereocenters. The molecule has 0 unspecified atom stereocenters. The normalized spacial score (nSPS) is 19.8. The Labute approximate surface area is 623 Å². The highest BCUT2D eigenvalue weighted by Crippen LogP contribution is 2.38. The van der Waals surface area contributed by atoms with Gasteiger partial charge in [0.05, 0.1) is 109 Å².